The Hall–Kier alpha value is -2.65. The van der Waals surface area contributed by atoms with Crippen LogP contribution in [0.5, 0.6) is 11.5 Å². The van der Waals surface area contributed by atoms with Crippen molar-refractivity contribution in [3.05, 3.63) is 35.3 Å². The van der Waals surface area contributed by atoms with Gasteiger partial charge in [-0.1, -0.05) is 0 Å². The summed E-state index contributed by atoms with van der Waals surface area (Å²) in [7, 11) is 0. The van der Waals surface area contributed by atoms with Crippen molar-refractivity contribution in [1.29, 1.82) is 0 Å². The average molecular weight is 391 g/mol. The molecule has 0 atom stereocenters. The molecular weight excluding hydrogens is 370 g/mol. The van der Waals surface area contributed by atoms with Gasteiger partial charge in [0.05, 0.1) is 0 Å². The Morgan fingerprint density at radius 1 is 1.33 bits per heavy atom. The summed E-state index contributed by atoms with van der Waals surface area (Å²) in [5.41, 5.74) is 0.442. The summed E-state index contributed by atoms with van der Waals surface area (Å²) >= 11 is 1.32. The maximum atomic E-state index is 12.9. The molecule has 2 heterocycles. The molecule has 27 heavy (non-hydrogen) atoms. The Morgan fingerprint density at radius 3 is 2.96 bits per heavy atom. The highest BCUT2D eigenvalue weighted by atomic mass is 32.1. The minimum Gasteiger partial charge on any atom is -0.454 e. The number of benzene rings is 1. The van der Waals surface area contributed by atoms with E-state index in [4.69, 9.17) is 14.2 Å². The topological polar surface area (TPSA) is 90.0 Å². The number of fused-ring (bicyclic) bond motifs is 1. The number of aromatic nitrogens is 1. The number of hydrogen-bond acceptors (Lipinski definition) is 7. The molecular formula is C18H21N3O5S. The van der Waals surface area contributed by atoms with E-state index in [1.807, 2.05) is 6.92 Å². The zero-order valence-electron chi connectivity index (χ0n) is 15.0. The van der Waals surface area contributed by atoms with Crippen LogP contribution in [-0.4, -0.2) is 54.8 Å². The molecule has 8 nitrogen and oxygen atoms in total. The van der Waals surface area contributed by atoms with Crippen molar-refractivity contribution >= 4 is 28.3 Å². The maximum absolute atomic E-state index is 12.9. The third-order valence-electron chi connectivity index (χ3n) is 3.84. The summed E-state index contributed by atoms with van der Waals surface area (Å²) in [4.78, 5) is 30.8. The van der Waals surface area contributed by atoms with Crippen molar-refractivity contribution in [1.82, 2.24) is 9.88 Å². The molecule has 0 aliphatic carbocycles. The zero-order valence-corrected chi connectivity index (χ0v) is 15.8. The highest BCUT2D eigenvalue weighted by Crippen LogP contribution is 2.32. The van der Waals surface area contributed by atoms with Gasteiger partial charge in [-0.25, -0.2) is 4.98 Å². The number of amides is 2. The molecule has 2 aromatic rings. The van der Waals surface area contributed by atoms with Crippen LogP contribution < -0.4 is 14.8 Å². The number of ether oxygens (including phenoxy) is 3. The Balaban J connectivity index is 1.67. The standard InChI is InChI=1S/C18H21N3O5S/c1-2-24-8-3-7-21(11-16(22)20-18-19-6-9-27-18)17(23)13-4-5-14-15(10-13)26-12-25-14/h4-6,9-10H,2-3,7-8,11-12H2,1H3,(H,19,20,22). The fourth-order valence-corrected chi connectivity index (χ4v) is 3.13. The Labute approximate surface area is 161 Å². The lowest BCUT2D eigenvalue weighted by Gasteiger charge is -2.22. The van der Waals surface area contributed by atoms with Crippen LogP contribution >= 0.6 is 11.3 Å². The lowest BCUT2D eigenvalue weighted by atomic mass is 10.1. The van der Waals surface area contributed by atoms with Gasteiger partial charge in [0.2, 0.25) is 12.7 Å². The number of carbonyl (C=O) groups excluding carboxylic acids is 2. The van der Waals surface area contributed by atoms with Gasteiger partial charge in [-0.05, 0) is 31.5 Å². The molecule has 0 spiro atoms. The molecule has 3 rings (SSSR count). The minimum absolute atomic E-state index is 0.0705. The molecule has 0 bridgehead atoms. The van der Waals surface area contributed by atoms with Crippen molar-refractivity contribution < 1.29 is 23.8 Å². The van der Waals surface area contributed by atoms with Gasteiger partial charge in [0.25, 0.3) is 5.91 Å². The quantitative estimate of drug-likeness (QED) is 0.660. The Bertz CT molecular complexity index is 781. The van der Waals surface area contributed by atoms with E-state index in [1.54, 1.807) is 29.8 Å². The number of anilines is 1. The molecule has 0 radical (unpaired) electrons. The second-order valence-corrected chi connectivity index (χ2v) is 6.63. The van der Waals surface area contributed by atoms with Crippen LogP contribution in [0.1, 0.15) is 23.7 Å². The van der Waals surface area contributed by atoms with Crippen molar-refractivity contribution in [2.24, 2.45) is 0 Å². The van der Waals surface area contributed by atoms with E-state index in [-0.39, 0.29) is 25.2 Å². The number of nitrogens with zero attached hydrogens (tertiary/aromatic N) is 2. The van der Waals surface area contributed by atoms with Crippen molar-refractivity contribution in [2.75, 3.05) is 38.4 Å². The lowest BCUT2D eigenvalue weighted by Crippen LogP contribution is -2.39. The van der Waals surface area contributed by atoms with Gasteiger partial charge in [-0.3, -0.25) is 9.59 Å². The third-order valence-corrected chi connectivity index (χ3v) is 4.53. The molecule has 0 unspecified atom stereocenters. The predicted octanol–water partition coefficient (Wildman–Crippen LogP) is 2.38. The maximum Gasteiger partial charge on any atom is 0.254 e. The van der Waals surface area contributed by atoms with E-state index in [0.717, 1.165) is 0 Å². The number of rotatable bonds is 9. The summed E-state index contributed by atoms with van der Waals surface area (Å²) in [5, 5.41) is 4.98. The van der Waals surface area contributed by atoms with Crippen LogP contribution in [0.25, 0.3) is 0 Å². The molecule has 1 aliphatic rings. The van der Waals surface area contributed by atoms with E-state index in [0.29, 0.717) is 48.4 Å². The van der Waals surface area contributed by atoms with Crippen LogP contribution in [0.3, 0.4) is 0 Å². The normalized spacial score (nSPS) is 12.0. The molecule has 0 fully saturated rings. The van der Waals surface area contributed by atoms with E-state index >= 15 is 0 Å². The van der Waals surface area contributed by atoms with Gasteiger partial charge in [-0.15, -0.1) is 11.3 Å². The number of carbonyl (C=O) groups is 2. The van der Waals surface area contributed by atoms with Gasteiger partial charge in [0, 0.05) is 36.9 Å². The first-order valence-corrected chi connectivity index (χ1v) is 9.51. The first-order valence-electron chi connectivity index (χ1n) is 8.63. The first-order chi connectivity index (χ1) is 13.2. The molecule has 0 saturated heterocycles. The SMILES string of the molecule is CCOCCCN(CC(=O)Nc1nccs1)C(=O)c1ccc2c(c1)OCO2. The Kier molecular flexibility index (Phi) is 6.61. The van der Waals surface area contributed by atoms with Crippen LogP contribution in [-0.2, 0) is 9.53 Å². The molecule has 2 amide bonds. The van der Waals surface area contributed by atoms with Gasteiger partial charge >= 0.3 is 0 Å². The second-order valence-electron chi connectivity index (χ2n) is 5.73. The third kappa shape index (κ3) is 5.18. The van der Waals surface area contributed by atoms with Gasteiger partial charge in [0.1, 0.15) is 6.54 Å². The largest absolute Gasteiger partial charge is 0.454 e. The van der Waals surface area contributed by atoms with E-state index in [9.17, 15) is 9.59 Å². The van der Waals surface area contributed by atoms with Crippen LogP contribution in [0.2, 0.25) is 0 Å². The fraction of sp³-hybridized carbons (Fsp3) is 0.389. The van der Waals surface area contributed by atoms with Gasteiger partial charge in [-0.2, -0.15) is 0 Å². The molecule has 1 N–H and O–H groups in total. The van der Waals surface area contributed by atoms with Crippen molar-refractivity contribution in [3.63, 3.8) is 0 Å². The summed E-state index contributed by atoms with van der Waals surface area (Å²) in [6, 6.07) is 5.01. The molecule has 1 aromatic carbocycles. The van der Waals surface area contributed by atoms with Crippen LogP contribution in [0.15, 0.2) is 29.8 Å². The van der Waals surface area contributed by atoms with E-state index < -0.39 is 0 Å². The number of hydrogen-bond donors (Lipinski definition) is 1. The monoisotopic (exact) mass is 391 g/mol. The van der Waals surface area contributed by atoms with Crippen molar-refractivity contribution in [2.45, 2.75) is 13.3 Å². The van der Waals surface area contributed by atoms with Crippen molar-refractivity contribution in [3.8, 4) is 11.5 Å². The lowest BCUT2D eigenvalue weighted by molar-refractivity contribution is -0.116. The summed E-state index contributed by atoms with van der Waals surface area (Å²) in [6.07, 6.45) is 2.24. The average Bonchev–Trinajstić information content (AvgIpc) is 3.34. The highest BCUT2D eigenvalue weighted by molar-refractivity contribution is 7.13. The molecule has 9 heteroatoms. The summed E-state index contributed by atoms with van der Waals surface area (Å²) in [6.45, 7) is 3.52. The van der Waals surface area contributed by atoms with Gasteiger partial charge < -0.3 is 24.4 Å². The molecule has 144 valence electrons. The summed E-state index contributed by atoms with van der Waals surface area (Å²) in [5.74, 6) is 0.591. The highest BCUT2D eigenvalue weighted by Gasteiger charge is 2.22. The van der Waals surface area contributed by atoms with Crippen LogP contribution in [0.4, 0.5) is 5.13 Å². The molecule has 0 saturated carbocycles. The minimum atomic E-state index is -0.296. The fourth-order valence-electron chi connectivity index (χ4n) is 2.58. The summed E-state index contributed by atoms with van der Waals surface area (Å²) < 4.78 is 15.9. The molecule has 1 aromatic heterocycles. The molecule has 1 aliphatic heterocycles. The van der Waals surface area contributed by atoms with Crippen LogP contribution in [0, 0.1) is 0 Å². The van der Waals surface area contributed by atoms with Gasteiger partial charge in [0.15, 0.2) is 16.6 Å². The second kappa shape index (κ2) is 9.33. The Morgan fingerprint density at radius 2 is 2.19 bits per heavy atom. The zero-order chi connectivity index (χ0) is 19.1. The number of nitrogens with one attached hydrogen (secondary N) is 1. The van der Waals surface area contributed by atoms with E-state index in [1.165, 1.54) is 16.2 Å². The van der Waals surface area contributed by atoms with E-state index in [2.05, 4.69) is 10.3 Å². The first kappa shape index (κ1) is 19.1. The smallest absolute Gasteiger partial charge is 0.254 e. The number of thiazole rings is 1. The predicted molar refractivity (Wildman–Crippen MR) is 100 cm³/mol.